The van der Waals surface area contributed by atoms with E-state index in [1.807, 2.05) is 47.4 Å². The van der Waals surface area contributed by atoms with Crippen LogP contribution in [0.2, 0.25) is 0 Å². The molecule has 19 heteroatoms. The van der Waals surface area contributed by atoms with Crippen LogP contribution in [0.3, 0.4) is 0 Å². The van der Waals surface area contributed by atoms with E-state index in [9.17, 15) is 28.8 Å². The number of halogens is 3. The van der Waals surface area contributed by atoms with Crippen molar-refractivity contribution >= 4 is 103 Å². The van der Waals surface area contributed by atoms with E-state index in [0.29, 0.717) is 41.9 Å². The highest BCUT2D eigenvalue weighted by molar-refractivity contribution is 9.09. The molecular weight excluding hydrogens is 1120 g/mol. The maximum Gasteiger partial charge on any atom is 0.230 e. The number of aldehydes is 7. The highest BCUT2D eigenvalue weighted by atomic mass is 79.9. The van der Waals surface area contributed by atoms with Crippen molar-refractivity contribution in [2.45, 2.75) is 95.3 Å². The van der Waals surface area contributed by atoms with Crippen molar-refractivity contribution in [2.75, 3.05) is 96.4 Å². The lowest BCUT2D eigenvalue weighted by molar-refractivity contribution is -0.118. The van der Waals surface area contributed by atoms with Crippen LogP contribution in [-0.4, -0.2) is 160 Å². The van der Waals surface area contributed by atoms with E-state index in [1.54, 1.807) is 7.05 Å². The second-order valence-electron chi connectivity index (χ2n) is 14.8. The topological polar surface area (TPSA) is 224 Å². The van der Waals surface area contributed by atoms with Gasteiger partial charge in [0.15, 0.2) is 0 Å². The molecule has 0 bridgehead atoms. The number of rotatable bonds is 28. The molecule has 3 unspecified atom stereocenters. The molecule has 16 nitrogen and oxygen atoms in total. The number of likely N-dealkylation sites (N-methyl/N-ethyl adjacent to an activating group) is 3. The van der Waals surface area contributed by atoms with Gasteiger partial charge in [0.25, 0.3) is 0 Å². The van der Waals surface area contributed by atoms with Crippen LogP contribution in [0.25, 0.3) is 0 Å². The number of anilines is 1. The molecule has 0 fully saturated rings. The monoisotopic (exact) mass is 1200 g/mol. The van der Waals surface area contributed by atoms with Gasteiger partial charge in [-0.05, 0) is 124 Å². The lowest BCUT2D eigenvalue weighted by atomic mass is 10.0. The predicted molar refractivity (Wildman–Crippen MR) is 308 cm³/mol. The van der Waals surface area contributed by atoms with Gasteiger partial charge >= 0.3 is 0 Å². The van der Waals surface area contributed by atoms with Gasteiger partial charge in [0, 0.05) is 44.1 Å². The molecule has 7 N–H and O–H groups in total. The molecule has 72 heavy (non-hydrogen) atoms. The van der Waals surface area contributed by atoms with Crippen LogP contribution in [0, 0.1) is 24.2 Å². The summed E-state index contributed by atoms with van der Waals surface area (Å²) in [4.78, 5) is 81.2. The first-order valence-electron chi connectivity index (χ1n) is 23.8. The number of unbranched alkanes of at least 4 members (excludes halogenated alkanes) is 4. The smallest absolute Gasteiger partial charge is 0.230 e. The molecule has 0 radical (unpaired) electrons. The van der Waals surface area contributed by atoms with Crippen molar-refractivity contribution in [1.29, 1.82) is 0 Å². The third kappa shape index (κ3) is 53.5. The summed E-state index contributed by atoms with van der Waals surface area (Å²) in [6, 6.07) is 16.7. The molecule has 3 rings (SSSR count). The van der Waals surface area contributed by atoms with E-state index in [2.05, 4.69) is 151 Å². The number of hydrogen-bond donors (Lipinski definition) is 7. The van der Waals surface area contributed by atoms with Crippen molar-refractivity contribution in [2.24, 2.45) is 0 Å². The number of nitrogens with one attached hydrogen (secondary N) is 7. The van der Waals surface area contributed by atoms with Gasteiger partial charge in [0.1, 0.15) is 44.0 Å². The Morgan fingerprint density at radius 3 is 1.36 bits per heavy atom. The standard InChI is InChI=1S/C16H13N.C9H17BrN2O2.2C8H18N2O.C4H7N.C4H6O2.2C2H3BrO/c1-17-12-15-8-3-2-6-13(15)10-11-14-7-4-5-9-16(14)17;1-11-8(7-13)4-2-3-5-12-9(14)6-10;2*1-9-6-4-3-5-8(7-11)10-2;1-3-4-5-2;5-3-1-2-4-6;2*3-1-2-4/h2-9H,12H2,1H3;7-8,11H,2-6H2,1H3,(H,12,14);2*7-10H,3-6H2,1-2H3;1,5H,4H2,2H3;3-4H,1-2H2;2*2H,1H2. The third-order valence-electron chi connectivity index (χ3n) is 9.25. The molecule has 406 valence electrons. The summed E-state index contributed by atoms with van der Waals surface area (Å²) in [5.41, 5.74) is 4.73. The molecule has 0 spiro atoms. The number of alkyl halides is 3. The molecule has 0 saturated heterocycles. The van der Waals surface area contributed by atoms with E-state index < -0.39 is 0 Å². The van der Waals surface area contributed by atoms with Crippen LogP contribution >= 0.6 is 47.8 Å². The van der Waals surface area contributed by atoms with Crippen LogP contribution < -0.4 is 42.1 Å². The zero-order chi connectivity index (χ0) is 55.3. The molecular formula is C53H85Br3N8O8. The zero-order valence-electron chi connectivity index (χ0n) is 43.8. The summed E-state index contributed by atoms with van der Waals surface area (Å²) in [6.45, 7) is 4.33. The van der Waals surface area contributed by atoms with Gasteiger partial charge in [0.05, 0.1) is 46.3 Å². The Morgan fingerprint density at radius 2 is 1.01 bits per heavy atom. The van der Waals surface area contributed by atoms with Crippen molar-refractivity contribution < 1.29 is 38.4 Å². The Bertz CT molecular complexity index is 1690. The average molecular weight is 1200 g/mol. The van der Waals surface area contributed by atoms with Crippen LogP contribution in [-0.2, 0) is 44.9 Å². The van der Waals surface area contributed by atoms with Crippen LogP contribution in [0.5, 0.6) is 0 Å². The molecule has 1 amide bonds. The number of carbonyl (C=O) groups is 8. The second kappa shape index (κ2) is 64.7. The number of nitrogens with zero attached hydrogens (tertiary/aromatic N) is 1. The van der Waals surface area contributed by atoms with Crippen LogP contribution in [0.4, 0.5) is 5.69 Å². The molecule has 2 aromatic carbocycles. The van der Waals surface area contributed by atoms with E-state index in [-0.39, 0.29) is 24.0 Å². The van der Waals surface area contributed by atoms with Crippen LogP contribution in [0.1, 0.15) is 87.3 Å². The maximum absolute atomic E-state index is 10.8. The summed E-state index contributed by atoms with van der Waals surface area (Å²) in [7, 11) is 13.2. The second-order valence-corrected chi connectivity index (χ2v) is 16.7. The minimum Gasteiger partial charge on any atom is -0.369 e. The summed E-state index contributed by atoms with van der Waals surface area (Å²) in [5.74, 6) is 8.94. The lowest BCUT2D eigenvalue weighted by Crippen LogP contribution is -2.28. The van der Waals surface area contributed by atoms with Gasteiger partial charge in [-0.25, -0.2) is 0 Å². The maximum atomic E-state index is 10.8. The third-order valence-corrected chi connectivity index (χ3v) is 10.3. The van der Waals surface area contributed by atoms with Gasteiger partial charge < -0.3 is 75.7 Å². The molecule has 0 aromatic heterocycles. The Labute approximate surface area is 457 Å². The van der Waals surface area contributed by atoms with Crippen molar-refractivity contribution in [3.8, 4) is 24.2 Å². The Kier molecular flexibility index (Phi) is 68.9. The summed E-state index contributed by atoms with van der Waals surface area (Å²) >= 11 is 8.82. The van der Waals surface area contributed by atoms with Crippen LogP contribution in [0.15, 0.2) is 48.5 Å². The first-order valence-corrected chi connectivity index (χ1v) is 27.1. The number of hydrogen-bond acceptors (Lipinski definition) is 15. The van der Waals surface area contributed by atoms with Gasteiger partial charge in [-0.2, -0.15) is 0 Å². The molecule has 1 aliphatic heterocycles. The summed E-state index contributed by atoms with van der Waals surface area (Å²) in [5, 5.41) is 21.7. The number of terminal acetylenes is 1. The Balaban J connectivity index is -0.000000250. The normalized spacial score (nSPS) is 11.0. The Hall–Kier alpha value is -4.28. The first kappa shape index (κ1) is 76.6. The fourth-order valence-electron chi connectivity index (χ4n) is 5.34. The SMILES string of the molecule is C#CCNC.CN1Cc2ccccc2C#Cc2ccccc21.CNC(C=O)CCCCNC(=O)CBr.CNCCCCC(C=O)NC.CNCCCCC(C=O)NC.O=CCBr.O=CCBr.O=CCCC=O. The van der Waals surface area contributed by atoms with E-state index in [0.717, 1.165) is 133 Å². The zero-order valence-corrected chi connectivity index (χ0v) is 48.5. The van der Waals surface area contributed by atoms with Crippen molar-refractivity contribution in [3.05, 3.63) is 65.2 Å². The lowest BCUT2D eigenvalue weighted by Gasteiger charge is -2.22. The largest absolute Gasteiger partial charge is 0.369 e. The van der Waals surface area contributed by atoms with Gasteiger partial charge in [-0.1, -0.05) is 109 Å². The minimum absolute atomic E-state index is 0.00514. The molecule has 2 aromatic rings. The average Bonchev–Trinajstić information content (AvgIpc) is 3.42. The number of para-hydroxylation sites is 1. The number of amides is 1. The molecule has 0 aliphatic carbocycles. The molecule has 0 saturated carbocycles. The summed E-state index contributed by atoms with van der Waals surface area (Å²) in [6.07, 6.45) is 20.5. The van der Waals surface area contributed by atoms with E-state index in [1.165, 1.54) is 11.3 Å². The van der Waals surface area contributed by atoms with Gasteiger partial charge in [0.2, 0.25) is 5.91 Å². The number of benzene rings is 2. The van der Waals surface area contributed by atoms with Gasteiger partial charge in [-0.3, -0.25) is 4.79 Å². The predicted octanol–water partition coefficient (Wildman–Crippen LogP) is 4.98. The molecule has 1 aliphatic rings. The quantitative estimate of drug-likeness (QED) is 0.0258. The fourth-order valence-corrected chi connectivity index (χ4v) is 5.54. The van der Waals surface area contributed by atoms with E-state index >= 15 is 0 Å². The fraction of sp³-hybridized carbons (Fsp3) is 0.547. The highest BCUT2D eigenvalue weighted by Crippen LogP contribution is 2.23. The Morgan fingerprint density at radius 1 is 0.611 bits per heavy atom. The van der Waals surface area contributed by atoms with E-state index in [4.69, 9.17) is 16.0 Å². The number of carbonyl (C=O) groups excluding carboxylic acids is 8. The van der Waals surface area contributed by atoms with Gasteiger partial charge in [-0.15, -0.1) is 6.42 Å². The first-order chi connectivity index (χ1) is 34.9. The molecule has 3 atom stereocenters. The van der Waals surface area contributed by atoms with Crippen molar-refractivity contribution in [3.63, 3.8) is 0 Å². The molecule has 1 heterocycles. The minimum atomic E-state index is -0.0538. The highest BCUT2D eigenvalue weighted by Gasteiger charge is 2.10. The summed E-state index contributed by atoms with van der Waals surface area (Å²) < 4.78 is 0. The van der Waals surface area contributed by atoms with Crippen molar-refractivity contribution in [1.82, 2.24) is 37.2 Å². The number of fused-ring (bicyclic) bond motifs is 2.